The Bertz CT molecular complexity index is 769. The van der Waals surface area contributed by atoms with Gasteiger partial charge in [0.1, 0.15) is 11.6 Å². The van der Waals surface area contributed by atoms with Crippen LogP contribution >= 0.6 is 0 Å². The second-order valence-corrected chi connectivity index (χ2v) is 4.89. The average molecular weight is 339 g/mol. The molecule has 0 aromatic heterocycles. The molecule has 2 aromatic carbocycles. The molecule has 0 spiro atoms. The fraction of sp³-hybridized carbons (Fsp3) is 0.118. The van der Waals surface area contributed by atoms with E-state index in [1.165, 1.54) is 30.3 Å². The normalized spacial score (nSPS) is 11.5. The summed E-state index contributed by atoms with van der Waals surface area (Å²) < 4.78 is 54.4. The lowest BCUT2D eigenvalue weighted by molar-refractivity contribution is -0.274. The number of amides is 1. The molecule has 2 aromatic rings. The molecule has 0 aliphatic rings. The summed E-state index contributed by atoms with van der Waals surface area (Å²) in [4.78, 5) is 11.8. The molecule has 0 heterocycles. The SMILES string of the molecule is Cc1ccc(F)c(NC(=O)/C=C/c2ccccc2OC(F)(F)F)c1. The maximum atomic E-state index is 13.6. The van der Waals surface area contributed by atoms with Gasteiger partial charge in [0.2, 0.25) is 5.91 Å². The highest BCUT2D eigenvalue weighted by Gasteiger charge is 2.31. The largest absolute Gasteiger partial charge is 0.573 e. The third-order valence-electron chi connectivity index (χ3n) is 2.94. The molecule has 0 saturated heterocycles. The molecule has 1 N–H and O–H groups in total. The van der Waals surface area contributed by atoms with Gasteiger partial charge >= 0.3 is 6.36 Å². The van der Waals surface area contributed by atoms with Gasteiger partial charge in [-0.25, -0.2) is 4.39 Å². The highest BCUT2D eigenvalue weighted by atomic mass is 19.4. The van der Waals surface area contributed by atoms with Crippen molar-refractivity contribution in [2.75, 3.05) is 5.32 Å². The van der Waals surface area contributed by atoms with Crippen molar-refractivity contribution in [1.82, 2.24) is 0 Å². The summed E-state index contributed by atoms with van der Waals surface area (Å²) in [6.45, 7) is 1.73. The second kappa shape index (κ2) is 7.16. The number of rotatable bonds is 4. The van der Waals surface area contributed by atoms with Crippen LogP contribution in [0.1, 0.15) is 11.1 Å². The van der Waals surface area contributed by atoms with Gasteiger partial charge in [0.05, 0.1) is 5.69 Å². The minimum absolute atomic E-state index is 0.00974. The Morgan fingerprint density at radius 3 is 2.58 bits per heavy atom. The number of halogens is 4. The molecule has 0 atom stereocenters. The summed E-state index contributed by atoms with van der Waals surface area (Å²) in [5, 5.41) is 2.33. The number of para-hydroxylation sites is 1. The van der Waals surface area contributed by atoms with Crippen LogP contribution in [0.3, 0.4) is 0 Å². The minimum atomic E-state index is -4.84. The molecule has 24 heavy (non-hydrogen) atoms. The predicted octanol–water partition coefficient (Wildman–Crippen LogP) is 4.68. The number of hydrogen-bond acceptors (Lipinski definition) is 2. The zero-order valence-corrected chi connectivity index (χ0v) is 12.5. The Morgan fingerprint density at radius 2 is 1.88 bits per heavy atom. The fourth-order valence-electron chi connectivity index (χ4n) is 1.91. The van der Waals surface area contributed by atoms with Gasteiger partial charge in [0, 0.05) is 11.6 Å². The molecule has 0 bridgehead atoms. The van der Waals surface area contributed by atoms with E-state index in [0.717, 1.165) is 23.8 Å². The van der Waals surface area contributed by atoms with Gasteiger partial charge < -0.3 is 10.1 Å². The van der Waals surface area contributed by atoms with E-state index in [4.69, 9.17) is 0 Å². The molecule has 1 amide bonds. The molecule has 3 nitrogen and oxygen atoms in total. The highest BCUT2D eigenvalue weighted by molar-refractivity contribution is 6.02. The number of ether oxygens (including phenoxy) is 1. The van der Waals surface area contributed by atoms with Crippen molar-refractivity contribution in [3.05, 3.63) is 65.5 Å². The first-order valence-corrected chi connectivity index (χ1v) is 6.84. The van der Waals surface area contributed by atoms with Crippen molar-refractivity contribution in [2.24, 2.45) is 0 Å². The van der Waals surface area contributed by atoms with E-state index in [2.05, 4.69) is 10.1 Å². The number of carbonyl (C=O) groups is 1. The quantitative estimate of drug-likeness (QED) is 0.648. The zero-order chi connectivity index (χ0) is 17.7. The van der Waals surface area contributed by atoms with Crippen LogP contribution in [0.2, 0.25) is 0 Å². The van der Waals surface area contributed by atoms with E-state index in [1.807, 2.05) is 0 Å². The Hall–Kier alpha value is -2.83. The van der Waals surface area contributed by atoms with Gasteiger partial charge in [-0.15, -0.1) is 13.2 Å². The molecule has 2 rings (SSSR count). The second-order valence-electron chi connectivity index (χ2n) is 4.89. The number of hydrogen-bond donors (Lipinski definition) is 1. The number of carbonyl (C=O) groups excluding carboxylic acids is 1. The average Bonchev–Trinajstić information content (AvgIpc) is 2.48. The number of benzene rings is 2. The Balaban J connectivity index is 2.13. The molecular formula is C17H13F4NO2. The highest BCUT2D eigenvalue weighted by Crippen LogP contribution is 2.27. The van der Waals surface area contributed by atoms with Gasteiger partial charge in [0.25, 0.3) is 0 Å². The number of aryl methyl sites for hydroxylation is 1. The third-order valence-corrected chi connectivity index (χ3v) is 2.94. The van der Waals surface area contributed by atoms with Gasteiger partial charge in [0.15, 0.2) is 0 Å². The van der Waals surface area contributed by atoms with E-state index in [0.29, 0.717) is 0 Å². The first-order valence-electron chi connectivity index (χ1n) is 6.84. The van der Waals surface area contributed by atoms with Crippen molar-refractivity contribution < 1.29 is 27.1 Å². The van der Waals surface area contributed by atoms with Crippen LogP contribution in [0.25, 0.3) is 6.08 Å². The summed E-state index contributed by atoms with van der Waals surface area (Å²) >= 11 is 0. The van der Waals surface area contributed by atoms with E-state index < -0.39 is 23.8 Å². The molecule has 0 aliphatic heterocycles. The van der Waals surface area contributed by atoms with Crippen molar-refractivity contribution in [3.63, 3.8) is 0 Å². The van der Waals surface area contributed by atoms with Crippen LogP contribution < -0.4 is 10.1 Å². The number of nitrogens with one attached hydrogen (secondary N) is 1. The lowest BCUT2D eigenvalue weighted by Gasteiger charge is -2.11. The van der Waals surface area contributed by atoms with Crippen LogP contribution in [0.15, 0.2) is 48.5 Å². The van der Waals surface area contributed by atoms with Gasteiger partial charge in [-0.1, -0.05) is 24.3 Å². The maximum Gasteiger partial charge on any atom is 0.573 e. The van der Waals surface area contributed by atoms with Crippen LogP contribution in [0, 0.1) is 12.7 Å². The monoisotopic (exact) mass is 339 g/mol. The summed E-state index contributed by atoms with van der Waals surface area (Å²) in [7, 11) is 0. The third kappa shape index (κ3) is 5.12. The number of alkyl halides is 3. The van der Waals surface area contributed by atoms with Crippen LogP contribution in [-0.4, -0.2) is 12.3 Å². The molecule has 0 radical (unpaired) electrons. The Kier molecular flexibility index (Phi) is 5.23. The standard InChI is InChI=1S/C17H13F4NO2/c1-11-6-8-13(18)14(10-11)22-16(23)9-7-12-4-2-3-5-15(12)24-17(19,20)21/h2-10H,1H3,(H,22,23)/b9-7+. The molecule has 0 fully saturated rings. The summed E-state index contributed by atoms with van der Waals surface area (Å²) in [6.07, 6.45) is -2.68. The lowest BCUT2D eigenvalue weighted by atomic mass is 10.2. The van der Waals surface area contributed by atoms with Crippen molar-refractivity contribution in [1.29, 1.82) is 0 Å². The van der Waals surface area contributed by atoms with E-state index >= 15 is 0 Å². The van der Waals surface area contributed by atoms with Crippen LogP contribution in [0.5, 0.6) is 5.75 Å². The van der Waals surface area contributed by atoms with E-state index in [9.17, 15) is 22.4 Å². The topological polar surface area (TPSA) is 38.3 Å². The van der Waals surface area contributed by atoms with Crippen LogP contribution in [-0.2, 0) is 4.79 Å². The molecular weight excluding hydrogens is 326 g/mol. The van der Waals surface area contributed by atoms with Gasteiger partial charge in [-0.2, -0.15) is 0 Å². The minimum Gasteiger partial charge on any atom is -0.405 e. The first-order chi connectivity index (χ1) is 11.2. The smallest absolute Gasteiger partial charge is 0.405 e. The number of anilines is 1. The van der Waals surface area contributed by atoms with Gasteiger partial charge in [-0.3, -0.25) is 4.79 Å². The van der Waals surface area contributed by atoms with Gasteiger partial charge in [-0.05, 0) is 36.8 Å². The Labute approximate surface area is 135 Å². The molecule has 126 valence electrons. The first kappa shape index (κ1) is 17.5. The summed E-state index contributed by atoms with van der Waals surface area (Å²) in [5.74, 6) is -1.72. The lowest BCUT2D eigenvalue weighted by Crippen LogP contribution is -2.17. The fourth-order valence-corrected chi connectivity index (χ4v) is 1.91. The summed E-state index contributed by atoms with van der Waals surface area (Å²) in [6, 6.07) is 9.57. The summed E-state index contributed by atoms with van der Waals surface area (Å²) in [5.41, 5.74) is 0.804. The van der Waals surface area contributed by atoms with Crippen molar-refractivity contribution >= 4 is 17.7 Å². The molecule has 0 saturated carbocycles. The van der Waals surface area contributed by atoms with Crippen molar-refractivity contribution in [2.45, 2.75) is 13.3 Å². The molecule has 7 heteroatoms. The van der Waals surface area contributed by atoms with Crippen LogP contribution in [0.4, 0.5) is 23.2 Å². The van der Waals surface area contributed by atoms with E-state index in [1.54, 1.807) is 13.0 Å². The maximum absolute atomic E-state index is 13.6. The molecule has 0 aliphatic carbocycles. The predicted molar refractivity (Wildman–Crippen MR) is 81.9 cm³/mol. The van der Waals surface area contributed by atoms with E-state index in [-0.39, 0.29) is 11.3 Å². The van der Waals surface area contributed by atoms with Crippen molar-refractivity contribution in [3.8, 4) is 5.75 Å². The Morgan fingerprint density at radius 1 is 1.17 bits per heavy atom. The zero-order valence-electron chi connectivity index (χ0n) is 12.5. The molecule has 0 unspecified atom stereocenters.